The van der Waals surface area contributed by atoms with Crippen LogP contribution in [-0.2, 0) is 4.79 Å². The zero-order chi connectivity index (χ0) is 14.4. The topological polar surface area (TPSA) is 78.0 Å². The fourth-order valence-corrected chi connectivity index (χ4v) is 3.16. The highest BCUT2D eigenvalue weighted by atomic mass is 16.4. The zero-order valence-electron chi connectivity index (χ0n) is 11.3. The highest BCUT2D eigenvalue weighted by molar-refractivity contribution is 6.07. The summed E-state index contributed by atoms with van der Waals surface area (Å²) >= 11 is 0. The van der Waals surface area contributed by atoms with Gasteiger partial charge in [0.1, 0.15) is 0 Å². The number of aromatic amines is 1. The third-order valence-corrected chi connectivity index (χ3v) is 4.31. The SMILES string of the molecule is O=C(O)C1CNC(c2ccc3[nH]c4cnccc4c3c2)C1. The Balaban J connectivity index is 1.77. The van der Waals surface area contributed by atoms with Crippen molar-refractivity contribution in [1.29, 1.82) is 0 Å². The molecule has 1 saturated heterocycles. The minimum atomic E-state index is -0.718. The molecule has 3 heterocycles. The molecule has 21 heavy (non-hydrogen) atoms. The lowest BCUT2D eigenvalue weighted by atomic mass is 9.99. The van der Waals surface area contributed by atoms with Gasteiger partial charge in [0.2, 0.25) is 0 Å². The van der Waals surface area contributed by atoms with E-state index in [1.54, 1.807) is 6.20 Å². The summed E-state index contributed by atoms with van der Waals surface area (Å²) in [5.74, 6) is -1.01. The van der Waals surface area contributed by atoms with Gasteiger partial charge >= 0.3 is 5.97 Å². The van der Waals surface area contributed by atoms with E-state index in [1.807, 2.05) is 12.3 Å². The highest BCUT2D eigenvalue weighted by Gasteiger charge is 2.30. The summed E-state index contributed by atoms with van der Waals surface area (Å²) in [6, 6.07) is 8.38. The molecule has 1 aromatic carbocycles. The van der Waals surface area contributed by atoms with Gasteiger partial charge in [0.05, 0.1) is 17.6 Å². The van der Waals surface area contributed by atoms with Gasteiger partial charge in [-0.05, 0) is 30.2 Å². The van der Waals surface area contributed by atoms with Crippen LogP contribution in [0.1, 0.15) is 18.0 Å². The summed E-state index contributed by atoms with van der Waals surface area (Å²) in [6.45, 7) is 0.538. The Morgan fingerprint density at radius 2 is 2.14 bits per heavy atom. The summed E-state index contributed by atoms with van der Waals surface area (Å²) in [7, 11) is 0. The van der Waals surface area contributed by atoms with Crippen LogP contribution in [0.3, 0.4) is 0 Å². The summed E-state index contributed by atoms with van der Waals surface area (Å²) in [5.41, 5.74) is 3.24. The van der Waals surface area contributed by atoms with Crippen LogP contribution in [0.4, 0.5) is 0 Å². The molecule has 4 rings (SSSR count). The van der Waals surface area contributed by atoms with Crippen molar-refractivity contribution >= 4 is 27.8 Å². The van der Waals surface area contributed by atoms with Gasteiger partial charge in [0.15, 0.2) is 0 Å². The Morgan fingerprint density at radius 1 is 1.24 bits per heavy atom. The van der Waals surface area contributed by atoms with Crippen LogP contribution in [0.25, 0.3) is 21.8 Å². The van der Waals surface area contributed by atoms with E-state index in [4.69, 9.17) is 5.11 Å². The molecule has 0 spiro atoms. The lowest BCUT2D eigenvalue weighted by Gasteiger charge is -2.10. The number of carbonyl (C=O) groups is 1. The van der Waals surface area contributed by atoms with Crippen molar-refractivity contribution in [2.45, 2.75) is 12.5 Å². The first-order valence-corrected chi connectivity index (χ1v) is 7.04. The number of aliphatic carboxylic acids is 1. The molecule has 2 aromatic heterocycles. The summed E-state index contributed by atoms with van der Waals surface area (Å²) in [6.07, 6.45) is 4.25. The predicted octanol–water partition coefficient (Wildman–Crippen LogP) is 2.45. The highest BCUT2D eigenvalue weighted by Crippen LogP contribution is 2.31. The Morgan fingerprint density at radius 3 is 2.95 bits per heavy atom. The van der Waals surface area contributed by atoms with Crippen LogP contribution in [-0.4, -0.2) is 27.6 Å². The van der Waals surface area contributed by atoms with Crippen molar-refractivity contribution in [2.75, 3.05) is 6.54 Å². The second-order valence-electron chi connectivity index (χ2n) is 5.58. The number of carboxylic acids is 1. The number of hydrogen-bond acceptors (Lipinski definition) is 3. The minimum absolute atomic E-state index is 0.113. The molecule has 5 nitrogen and oxygen atoms in total. The first kappa shape index (κ1) is 12.3. The van der Waals surface area contributed by atoms with E-state index in [0.29, 0.717) is 13.0 Å². The van der Waals surface area contributed by atoms with E-state index in [0.717, 1.165) is 27.4 Å². The van der Waals surface area contributed by atoms with Crippen LogP contribution in [0.2, 0.25) is 0 Å². The van der Waals surface area contributed by atoms with E-state index in [9.17, 15) is 4.79 Å². The number of hydrogen-bond donors (Lipinski definition) is 3. The molecule has 3 aromatic rings. The van der Waals surface area contributed by atoms with Crippen LogP contribution in [0.15, 0.2) is 36.7 Å². The first-order valence-electron chi connectivity index (χ1n) is 7.04. The third-order valence-electron chi connectivity index (χ3n) is 4.31. The van der Waals surface area contributed by atoms with Gasteiger partial charge in [0.25, 0.3) is 0 Å². The molecular formula is C16H15N3O2. The molecule has 0 aliphatic carbocycles. The van der Waals surface area contributed by atoms with Gasteiger partial charge in [-0.3, -0.25) is 9.78 Å². The average Bonchev–Trinajstić information content (AvgIpc) is 3.11. The Kier molecular flexibility index (Phi) is 2.68. The number of rotatable bonds is 2. The summed E-state index contributed by atoms with van der Waals surface area (Å²) < 4.78 is 0. The molecule has 0 bridgehead atoms. The molecule has 0 radical (unpaired) electrons. The second-order valence-corrected chi connectivity index (χ2v) is 5.58. The van der Waals surface area contributed by atoms with Crippen molar-refractivity contribution in [3.05, 3.63) is 42.2 Å². The molecular weight excluding hydrogens is 266 g/mol. The lowest BCUT2D eigenvalue weighted by Crippen LogP contribution is -2.17. The number of fused-ring (bicyclic) bond motifs is 3. The van der Waals surface area contributed by atoms with Gasteiger partial charge in [0, 0.05) is 35.1 Å². The van der Waals surface area contributed by atoms with Gasteiger partial charge in [-0.2, -0.15) is 0 Å². The van der Waals surface area contributed by atoms with Crippen molar-refractivity contribution in [2.24, 2.45) is 5.92 Å². The van der Waals surface area contributed by atoms with Gasteiger partial charge in [-0.1, -0.05) is 6.07 Å². The van der Waals surface area contributed by atoms with E-state index >= 15 is 0 Å². The number of nitrogens with zero attached hydrogens (tertiary/aromatic N) is 1. The quantitative estimate of drug-likeness (QED) is 0.674. The average molecular weight is 281 g/mol. The van der Waals surface area contributed by atoms with Crippen molar-refractivity contribution in [1.82, 2.24) is 15.3 Å². The fraction of sp³-hybridized carbons (Fsp3) is 0.250. The third kappa shape index (κ3) is 1.97. The number of aromatic nitrogens is 2. The van der Waals surface area contributed by atoms with E-state index in [-0.39, 0.29) is 12.0 Å². The Labute approximate surface area is 121 Å². The summed E-state index contributed by atoms with van der Waals surface area (Å²) in [5, 5.41) is 14.7. The molecule has 1 aliphatic heterocycles. The van der Waals surface area contributed by atoms with E-state index in [1.165, 1.54) is 0 Å². The lowest BCUT2D eigenvalue weighted by molar-refractivity contribution is -0.141. The summed E-state index contributed by atoms with van der Waals surface area (Å²) in [4.78, 5) is 18.5. The molecule has 5 heteroatoms. The Bertz CT molecular complexity index is 840. The number of H-pyrrole nitrogens is 1. The minimum Gasteiger partial charge on any atom is -0.481 e. The normalized spacial score (nSPS) is 22.1. The number of carboxylic acid groups (broad SMARTS) is 1. The van der Waals surface area contributed by atoms with Gasteiger partial charge < -0.3 is 15.4 Å². The molecule has 0 saturated carbocycles. The molecule has 1 aliphatic rings. The van der Waals surface area contributed by atoms with E-state index in [2.05, 4.69) is 33.5 Å². The second kappa shape index (κ2) is 4.56. The largest absolute Gasteiger partial charge is 0.481 e. The van der Waals surface area contributed by atoms with Crippen LogP contribution < -0.4 is 5.32 Å². The fourth-order valence-electron chi connectivity index (χ4n) is 3.16. The number of pyridine rings is 1. The maximum Gasteiger partial charge on any atom is 0.307 e. The molecule has 3 N–H and O–H groups in total. The van der Waals surface area contributed by atoms with Crippen molar-refractivity contribution in [3.8, 4) is 0 Å². The number of nitrogens with one attached hydrogen (secondary N) is 2. The molecule has 106 valence electrons. The first-order chi connectivity index (χ1) is 10.2. The molecule has 2 unspecified atom stereocenters. The van der Waals surface area contributed by atoms with Crippen molar-refractivity contribution in [3.63, 3.8) is 0 Å². The monoisotopic (exact) mass is 281 g/mol. The van der Waals surface area contributed by atoms with E-state index < -0.39 is 5.97 Å². The standard InChI is InChI=1S/C16H15N3O2/c20-16(21)10-6-14(18-7-10)9-1-2-13-12(5-9)11-3-4-17-8-15(11)19-13/h1-5,8,10,14,18-19H,6-7H2,(H,20,21). The van der Waals surface area contributed by atoms with Crippen LogP contribution >= 0.6 is 0 Å². The van der Waals surface area contributed by atoms with Gasteiger partial charge in [-0.25, -0.2) is 0 Å². The molecule has 1 fully saturated rings. The maximum atomic E-state index is 11.1. The Hall–Kier alpha value is -2.40. The van der Waals surface area contributed by atoms with Gasteiger partial charge in [-0.15, -0.1) is 0 Å². The van der Waals surface area contributed by atoms with Crippen LogP contribution in [0, 0.1) is 5.92 Å². The number of benzene rings is 1. The zero-order valence-corrected chi connectivity index (χ0v) is 11.3. The van der Waals surface area contributed by atoms with Crippen molar-refractivity contribution < 1.29 is 9.90 Å². The van der Waals surface area contributed by atoms with Crippen LogP contribution in [0.5, 0.6) is 0 Å². The molecule has 2 atom stereocenters. The predicted molar refractivity (Wildman–Crippen MR) is 80.1 cm³/mol. The smallest absolute Gasteiger partial charge is 0.307 e. The maximum absolute atomic E-state index is 11.1. The molecule has 0 amide bonds.